The van der Waals surface area contributed by atoms with Gasteiger partial charge >= 0.3 is 0 Å². The maximum Gasteiger partial charge on any atom is 0.214 e. The number of hydrogen-bond acceptors (Lipinski definition) is 3. The lowest BCUT2D eigenvalue weighted by Gasteiger charge is -2.45. The second-order valence-corrected chi connectivity index (χ2v) is 7.22. The quantitative estimate of drug-likeness (QED) is 0.726. The van der Waals surface area contributed by atoms with Gasteiger partial charge < -0.3 is 5.32 Å². The fraction of sp³-hybridized carbons (Fsp3) is 1.00. The fourth-order valence-corrected chi connectivity index (χ4v) is 4.32. The standard InChI is InChI=1S/C10H18N2O2S/c13-15(14,9-1-2-9)12-7-10-5-3-8(10)4-6-11-10/h8-9,11-12H,1-7H2. The minimum Gasteiger partial charge on any atom is -0.310 e. The molecule has 0 aromatic carbocycles. The first kappa shape index (κ1) is 10.1. The van der Waals surface area contributed by atoms with Crippen LogP contribution in [0.4, 0.5) is 0 Å². The summed E-state index contributed by atoms with van der Waals surface area (Å²) in [5, 5.41) is 3.39. The van der Waals surface area contributed by atoms with Gasteiger partial charge in [0.05, 0.1) is 5.25 Å². The third-order valence-electron chi connectivity index (χ3n) is 4.24. The summed E-state index contributed by atoms with van der Waals surface area (Å²) >= 11 is 0. The maximum atomic E-state index is 11.7. The Labute approximate surface area is 90.9 Å². The lowest BCUT2D eigenvalue weighted by atomic mass is 9.68. The van der Waals surface area contributed by atoms with Crippen molar-refractivity contribution in [2.75, 3.05) is 13.1 Å². The molecular formula is C10H18N2O2S. The summed E-state index contributed by atoms with van der Waals surface area (Å²) in [7, 11) is -2.99. The van der Waals surface area contributed by atoms with Gasteiger partial charge in [0, 0.05) is 12.1 Å². The summed E-state index contributed by atoms with van der Waals surface area (Å²) in [6.07, 6.45) is 5.30. The van der Waals surface area contributed by atoms with Crippen LogP contribution in [-0.2, 0) is 10.0 Å². The minimum atomic E-state index is -2.99. The Morgan fingerprint density at radius 1 is 1.27 bits per heavy atom. The van der Waals surface area contributed by atoms with Crippen molar-refractivity contribution in [2.24, 2.45) is 5.92 Å². The topological polar surface area (TPSA) is 58.2 Å². The van der Waals surface area contributed by atoms with Gasteiger partial charge in [-0.25, -0.2) is 13.1 Å². The summed E-state index contributed by atoms with van der Waals surface area (Å²) < 4.78 is 26.2. The van der Waals surface area contributed by atoms with Crippen LogP contribution in [-0.4, -0.2) is 32.3 Å². The predicted molar refractivity (Wildman–Crippen MR) is 58.0 cm³/mol. The van der Waals surface area contributed by atoms with E-state index < -0.39 is 10.0 Å². The summed E-state index contributed by atoms with van der Waals surface area (Å²) in [5.74, 6) is 0.708. The molecule has 1 aliphatic heterocycles. The molecule has 0 aromatic rings. The van der Waals surface area contributed by atoms with E-state index in [9.17, 15) is 8.42 Å². The lowest BCUT2D eigenvalue weighted by Crippen LogP contribution is -2.59. The molecule has 3 rings (SSSR count). The van der Waals surface area contributed by atoms with Crippen molar-refractivity contribution in [1.29, 1.82) is 0 Å². The first-order valence-corrected chi connectivity index (χ1v) is 7.41. The van der Waals surface area contributed by atoms with Crippen molar-refractivity contribution in [2.45, 2.75) is 42.9 Å². The Bertz CT molecular complexity index is 364. The van der Waals surface area contributed by atoms with E-state index in [1.54, 1.807) is 0 Å². The van der Waals surface area contributed by atoms with Crippen LogP contribution in [0.25, 0.3) is 0 Å². The normalized spacial score (nSPS) is 39.9. The predicted octanol–water partition coefficient (Wildman–Crippen LogP) is 0.210. The summed E-state index contributed by atoms with van der Waals surface area (Å²) in [4.78, 5) is 0. The second-order valence-electron chi connectivity index (χ2n) is 5.17. The van der Waals surface area contributed by atoms with E-state index in [-0.39, 0.29) is 10.8 Å². The van der Waals surface area contributed by atoms with Crippen molar-refractivity contribution in [3.8, 4) is 0 Å². The molecule has 3 fully saturated rings. The maximum absolute atomic E-state index is 11.7. The second kappa shape index (κ2) is 3.18. The van der Waals surface area contributed by atoms with Gasteiger partial charge in [0.15, 0.2) is 0 Å². The van der Waals surface area contributed by atoms with Crippen molar-refractivity contribution in [1.82, 2.24) is 10.0 Å². The number of fused-ring (bicyclic) bond motifs is 1. The van der Waals surface area contributed by atoms with Crippen molar-refractivity contribution in [3.63, 3.8) is 0 Å². The molecule has 2 unspecified atom stereocenters. The molecule has 2 N–H and O–H groups in total. The van der Waals surface area contributed by atoms with Crippen molar-refractivity contribution < 1.29 is 8.42 Å². The third kappa shape index (κ3) is 1.61. The summed E-state index contributed by atoms with van der Waals surface area (Å²) in [5.41, 5.74) is 0.113. The number of nitrogens with one attached hydrogen (secondary N) is 2. The Hall–Kier alpha value is -0.130. The molecule has 4 nitrogen and oxygen atoms in total. The van der Waals surface area contributed by atoms with Crippen molar-refractivity contribution >= 4 is 10.0 Å². The van der Waals surface area contributed by atoms with Crippen LogP contribution >= 0.6 is 0 Å². The Morgan fingerprint density at radius 3 is 2.60 bits per heavy atom. The first-order valence-electron chi connectivity index (χ1n) is 5.86. The van der Waals surface area contributed by atoms with Gasteiger partial charge in [0.25, 0.3) is 0 Å². The lowest BCUT2D eigenvalue weighted by molar-refractivity contribution is 0.140. The van der Waals surface area contributed by atoms with E-state index in [0.717, 1.165) is 25.8 Å². The molecule has 0 spiro atoms. The zero-order valence-electron chi connectivity index (χ0n) is 8.83. The highest BCUT2D eigenvalue weighted by Crippen LogP contribution is 2.44. The smallest absolute Gasteiger partial charge is 0.214 e. The molecule has 0 radical (unpaired) electrons. The zero-order valence-corrected chi connectivity index (χ0v) is 9.65. The molecule has 2 atom stereocenters. The highest BCUT2D eigenvalue weighted by atomic mass is 32.2. The summed E-state index contributed by atoms with van der Waals surface area (Å²) in [6.45, 7) is 1.66. The largest absolute Gasteiger partial charge is 0.310 e. The van der Waals surface area contributed by atoms with Crippen LogP contribution in [0.1, 0.15) is 32.1 Å². The van der Waals surface area contributed by atoms with Gasteiger partial charge in [0.2, 0.25) is 10.0 Å². The molecule has 3 aliphatic rings. The molecular weight excluding hydrogens is 212 g/mol. The van der Waals surface area contributed by atoms with Gasteiger partial charge in [0.1, 0.15) is 0 Å². The Morgan fingerprint density at radius 2 is 2.07 bits per heavy atom. The molecule has 0 amide bonds. The molecule has 5 heteroatoms. The number of hydrogen-bond donors (Lipinski definition) is 2. The van der Waals surface area contributed by atoms with Crippen LogP contribution in [0.5, 0.6) is 0 Å². The molecule has 0 bridgehead atoms. The molecule has 2 aliphatic carbocycles. The minimum absolute atomic E-state index is 0.0890. The zero-order chi connectivity index (χ0) is 10.5. The number of rotatable bonds is 4. The molecule has 15 heavy (non-hydrogen) atoms. The average molecular weight is 230 g/mol. The first-order chi connectivity index (χ1) is 7.12. The van der Waals surface area contributed by atoms with Gasteiger partial charge in [-0.05, 0) is 44.6 Å². The van der Waals surface area contributed by atoms with Crippen LogP contribution in [0, 0.1) is 5.92 Å². The third-order valence-corrected chi connectivity index (χ3v) is 6.14. The molecule has 1 heterocycles. The van der Waals surface area contributed by atoms with E-state index in [1.165, 1.54) is 12.8 Å². The monoisotopic (exact) mass is 230 g/mol. The van der Waals surface area contributed by atoms with Crippen LogP contribution in [0.3, 0.4) is 0 Å². The highest BCUT2D eigenvalue weighted by Gasteiger charge is 2.50. The van der Waals surface area contributed by atoms with Crippen molar-refractivity contribution in [3.05, 3.63) is 0 Å². The van der Waals surface area contributed by atoms with Crippen LogP contribution in [0.15, 0.2) is 0 Å². The molecule has 0 aromatic heterocycles. The van der Waals surface area contributed by atoms with E-state index in [1.807, 2.05) is 0 Å². The van der Waals surface area contributed by atoms with Gasteiger partial charge in [-0.15, -0.1) is 0 Å². The van der Waals surface area contributed by atoms with Gasteiger partial charge in [-0.3, -0.25) is 0 Å². The van der Waals surface area contributed by atoms with E-state index in [0.29, 0.717) is 12.5 Å². The van der Waals surface area contributed by atoms with Gasteiger partial charge in [-0.1, -0.05) is 0 Å². The molecule has 1 saturated heterocycles. The summed E-state index contributed by atoms with van der Waals surface area (Å²) in [6, 6.07) is 0. The number of sulfonamides is 1. The molecule has 86 valence electrons. The van der Waals surface area contributed by atoms with E-state index >= 15 is 0 Å². The fourth-order valence-electron chi connectivity index (χ4n) is 2.87. The van der Waals surface area contributed by atoms with Gasteiger partial charge in [-0.2, -0.15) is 0 Å². The highest BCUT2D eigenvalue weighted by molar-refractivity contribution is 7.90. The average Bonchev–Trinajstić information content (AvgIpc) is 2.95. The van der Waals surface area contributed by atoms with Crippen LogP contribution < -0.4 is 10.0 Å². The Kier molecular flexibility index (Phi) is 2.13. The van der Waals surface area contributed by atoms with Crippen LogP contribution in [0.2, 0.25) is 0 Å². The SMILES string of the molecule is O=S(=O)(NCC12CCC1CCN2)C1CC1. The Balaban J connectivity index is 1.62. The molecule has 2 saturated carbocycles. The van der Waals surface area contributed by atoms with E-state index in [4.69, 9.17) is 0 Å². The van der Waals surface area contributed by atoms with E-state index in [2.05, 4.69) is 10.0 Å².